The summed E-state index contributed by atoms with van der Waals surface area (Å²) in [6, 6.07) is 0. The fourth-order valence-corrected chi connectivity index (χ4v) is 2.57. The Morgan fingerprint density at radius 1 is 1.43 bits per heavy atom. The number of nitrogens with zero attached hydrogens (tertiary/aromatic N) is 3. The Kier molecular flexibility index (Phi) is 2.37. The predicted molar refractivity (Wildman–Crippen MR) is 53.2 cm³/mol. The van der Waals surface area contributed by atoms with Crippen molar-refractivity contribution >= 4 is 15.5 Å². The van der Waals surface area contributed by atoms with Gasteiger partial charge >= 0.3 is 0 Å². The second-order valence-corrected chi connectivity index (χ2v) is 5.56. The van der Waals surface area contributed by atoms with Gasteiger partial charge in [-0.3, -0.25) is 0 Å². The van der Waals surface area contributed by atoms with E-state index in [4.69, 9.17) is 4.74 Å². The van der Waals surface area contributed by atoms with Gasteiger partial charge < -0.3 is 4.74 Å². The minimum absolute atomic E-state index is 0.335. The lowest BCUT2D eigenvalue weighted by molar-refractivity contribution is 0.397. The molecule has 2 heterocycles. The first kappa shape index (κ1) is 9.39. The summed E-state index contributed by atoms with van der Waals surface area (Å²) < 4.78 is 20.9. The van der Waals surface area contributed by atoms with Gasteiger partial charge in [0, 0.05) is 23.9 Å². The lowest BCUT2D eigenvalue weighted by Crippen LogP contribution is -2.23. The van der Waals surface area contributed by atoms with Crippen LogP contribution < -0.4 is 4.74 Å². The van der Waals surface area contributed by atoms with Crippen molar-refractivity contribution in [3.63, 3.8) is 0 Å². The molecule has 0 aromatic carbocycles. The quantitative estimate of drug-likeness (QED) is 0.734. The Balaban J connectivity index is 2.42. The maximum atomic E-state index is 11.8. The molecule has 0 spiro atoms. The molecule has 0 saturated carbocycles. The van der Waals surface area contributed by atoms with Gasteiger partial charge in [-0.25, -0.2) is 14.2 Å². The number of aromatic nitrogens is 2. The predicted octanol–water partition coefficient (Wildman–Crippen LogP) is 0.988. The van der Waals surface area contributed by atoms with E-state index in [2.05, 4.69) is 14.3 Å². The number of hydrogen-bond donors (Lipinski definition) is 0. The van der Waals surface area contributed by atoms with Crippen LogP contribution in [0.1, 0.15) is 6.42 Å². The average molecular weight is 213 g/mol. The molecule has 76 valence electrons. The molecule has 1 aromatic heterocycles. The van der Waals surface area contributed by atoms with Gasteiger partial charge in [-0.1, -0.05) is 0 Å². The SMILES string of the molecule is COc1nccnc1N=S1(=O)CCC1. The zero-order chi connectivity index (χ0) is 10.0. The Morgan fingerprint density at radius 3 is 2.71 bits per heavy atom. The normalized spacial score (nSPS) is 18.4. The van der Waals surface area contributed by atoms with E-state index in [9.17, 15) is 4.21 Å². The van der Waals surface area contributed by atoms with E-state index in [1.807, 2.05) is 0 Å². The molecule has 0 amide bonds. The van der Waals surface area contributed by atoms with Crippen LogP contribution in [0.3, 0.4) is 0 Å². The van der Waals surface area contributed by atoms with Gasteiger partial charge in [-0.05, 0) is 6.42 Å². The maximum Gasteiger partial charge on any atom is 0.260 e. The third-order valence-corrected chi connectivity index (χ3v) is 4.38. The van der Waals surface area contributed by atoms with Crippen molar-refractivity contribution in [3.8, 4) is 5.88 Å². The fourth-order valence-electron chi connectivity index (χ4n) is 1.16. The standard InChI is InChI=1S/C8H11N3O2S/c1-13-8-7(9-3-4-10-8)11-14(12)5-2-6-14/h3-4H,2,5-6H2,1H3. The molecule has 1 saturated heterocycles. The molecular weight excluding hydrogens is 202 g/mol. The van der Waals surface area contributed by atoms with Crippen LogP contribution in [0.25, 0.3) is 0 Å². The van der Waals surface area contributed by atoms with Crippen molar-refractivity contribution in [3.05, 3.63) is 12.4 Å². The lowest BCUT2D eigenvalue weighted by atomic mass is 10.5. The number of ether oxygens (including phenoxy) is 1. The lowest BCUT2D eigenvalue weighted by Gasteiger charge is -2.17. The highest BCUT2D eigenvalue weighted by Gasteiger charge is 2.20. The first-order valence-electron chi connectivity index (χ1n) is 4.31. The summed E-state index contributed by atoms with van der Waals surface area (Å²) in [4.78, 5) is 7.92. The molecule has 1 aliphatic heterocycles. The van der Waals surface area contributed by atoms with E-state index < -0.39 is 9.73 Å². The summed E-state index contributed by atoms with van der Waals surface area (Å²) in [5.41, 5.74) is 0. The third-order valence-electron chi connectivity index (χ3n) is 2.02. The molecule has 1 fully saturated rings. The molecule has 5 nitrogen and oxygen atoms in total. The summed E-state index contributed by atoms with van der Waals surface area (Å²) in [5, 5.41) is 0. The molecule has 0 N–H and O–H groups in total. The molecule has 0 radical (unpaired) electrons. The summed E-state index contributed by atoms with van der Waals surface area (Å²) in [7, 11) is -0.535. The van der Waals surface area contributed by atoms with Crippen molar-refractivity contribution in [2.75, 3.05) is 18.6 Å². The topological polar surface area (TPSA) is 64.4 Å². The first-order valence-corrected chi connectivity index (χ1v) is 6.16. The smallest absolute Gasteiger partial charge is 0.260 e. The largest absolute Gasteiger partial charge is 0.478 e. The van der Waals surface area contributed by atoms with Crippen LogP contribution in [-0.2, 0) is 9.73 Å². The number of rotatable bonds is 2. The van der Waals surface area contributed by atoms with Gasteiger partial charge in [-0.15, -0.1) is 0 Å². The van der Waals surface area contributed by atoms with Crippen LogP contribution in [0.2, 0.25) is 0 Å². The van der Waals surface area contributed by atoms with E-state index in [-0.39, 0.29) is 0 Å². The highest BCUT2D eigenvalue weighted by Crippen LogP contribution is 2.25. The highest BCUT2D eigenvalue weighted by molar-refractivity contribution is 7.95. The summed E-state index contributed by atoms with van der Waals surface area (Å²) in [6.07, 6.45) is 4.01. The summed E-state index contributed by atoms with van der Waals surface area (Å²) in [5.74, 6) is 2.00. The van der Waals surface area contributed by atoms with Crippen LogP contribution >= 0.6 is 0 Å². The van der Waals surface area contributed by atoms with Crippen molar-refractivity contribution < 1.29 is 8.95 Å². The maximum absolute atomic E-state index is 11.8. The second kappa shape index (κ2) is 3.53. The average Bonchev–Trinajstić information content (AvgIpc) is 2.16. The van der Waals surface area contributed by atoms with Gasteiger partial charge in [0.1, 0.15) is 0 Å². The van der Waals surface area contributed by atoms with Gasteiger partial charge in [0.05, 0.1) is 16.8 Å². The Hall–Kier alpha value is -1.17. The second-order valence-electron chi connectivity index (χ2n) is 3.01. The highest BCUT2D eigenvalue weighted by atomic mass is 32.2. The van der Waals surface area contributed by atoms with E-state index in [1.54, 1.807) is 0 Å². The number of methoxy groups -OCH3 is 1. The Bertz CT molecular complexity index is 442. The Morgan fingerprint density at radius 2 is 2.14 bits per heavy atom. The number of hydrogen-bond acceptors (Lipinski definition) is 5. The van der Waals surface area contributed by atoms with Crippen LogP contribution in [0.5, 0.6) is 5.88 Å². The van der Waals surface area contributed by atoms with Crippen LogP contribution in [0.4, 0.5) is 5.82 Å². The van der Waals surface area contributed by atoms with Gasteiger partial charge in [-0.2, -0.15) is 4.36 Å². The molecule has 0 unspecified atom stereocenters. The Labute approximate surface area is 82.7 Å². The zero-order valence-corrected chi connectivity index (χ0v) is 8.66. The fraction of sp³-hybridized carbons (Fsp3) is 0.500. The molecule has 0 bridgehead atoms. The molecule has 0 atom stereocenters. The van der Waals surface area contributed by atoms with E-state index in [0.717, 1.165) is 6.42 Å². The minimum atomic E-state index is -2.03. The van der Waals surface area contributed by atoms with Crippen LogP contribution in [0, 0.1) is 0 Å². The third kappa shape index (κ3) is 1.70. The van der Waals surface area contributed by atoms with Crippen LogP contribution in [0.15, 0.2) is 16.8 Å². The zero-order valence-electron chi connectivity index (χ0n) is 7.84. The van der Waals surface area contributed by atoms with E-state index >= 15 is 0 Å². The molecule has 2 rings (SSSR count). The summed E-state index contributed by atoms with van der Waals surface area (Å²) >= 11 is 0. The van der Waals surface area contributed by atoms with Crippen LogP contribution in [-0.4, -0.2) is 32.8 Å². The van der Waals surface area contributed by atoms with Crippen molar-refractivity contribution in [1.29, 1.82) is 0 Å². The van der Waals surface area contributed by atoms with Crippen molar-refractivity contribution in [2.45, 2.75) is 6.42 Å². The molecule has 1 aliphatic rings. The van der Waals surface area contributed by atoms with Crippen molar-refractivity contribution in [1.82, 2.24) is 9.97 Å². The van der Waals surface area contributed by atoms with Gasteiger partial charge in [0.15, 0.2) is 0 Å². The van der Waals surface area contributed by atoms with Gasteiger partial charge in [0.25, 0.3) is 5.88 Å². The molecule has 6 heteroatoms. The van der Waals surface area contributed by atoms with Crippen molar-refractivity contribution in [2.24, 2.45) is 4.36 Å². The van der Waals surface area contributed by atoms with E-state index in [1.165, 1.54) is 19.5 Å². The van der Waals surface area contributed by atoms with E-state index in [0.29, 0.717) is 23.2 Å². The minimum Gasteiger partial charge on any atom is -0.478 e. The molecule has 14 heavy (non-hydrogen) atoms. The monoisotopic (exact) mass is 213 g/mol. The van der Waals surface area contributed by atoms with Gasteiger partial charge in [0.2, 0.25) is 5.82 Å². The molecule has 0 aliphatic carbocycles. The molecule has 1 aromatic rings. The summed E-state index contributed by atoms with van der Waals surface area (Å²) in [6.45, 7) is 0. The molecular formula is C8H11N3O2S. The first-order chi connectivity index (χ1) is 6.73.